The van der Waals surface area contributed by atoms with E-state index in [4.69, 9.17) is 9.47 Å². The Hall–Kier alpha value is -2.30. The molecule has 0 unspecified atom stereocenters. The molecule has 0 aliphatic heterocycles. The van der Waals surface area contributed by atoms with E-state index in [-0.39, 0.29) is 5.92 Å². The van der Waals surface area contributed by atoms with Gasteiger partial charge in [-0.2, -0.15) is 4.98 Å². The third kappa shape index (κ3) is 3.84. The first kappa shape index (κ1) is 15.1. The van der Waals surface area contributed by atoms with E-state index in [1.165, 1.54) is 0 Å². The van der Waals surface area contributed by atoms with Gasteiger partial charge in [0.05, 0.1) is 6.61 Å². The number of ether oxygens (including phenoxy) is 2. The highest BCUT2D eigenvalue weighted by Gasteiger charge is 2.11. The van der Waals surface area contributed by atoms with Gasteiger partial charge in [-0.3, -0.25) is 0 Å². The predicted molar refractivity (Wildman–Crippen MR) is 83.4 cm³/mol. The minimum Gasteiger partial charge on any atom is -0.490 e. The molecule has 21 heavy (non-hydrogen) atoms. The summed E-state index contributed by atoms with van der Waals surface area (Å²) in [6, 6.07) is 9.33. The van der Waals surface area contributed by atoms with Gasteiger partial charge in [0, 0.05) is 19.0 Å². The van der Waals surface area contributed by atoms with Crippen LogP contribution in [0, 0.1) is 0 Å². The first-order chi connectivity index (χ1) is 10.1. The molecule has 0 saturated heterocycles. The van der Waals surface area contributed by atoms with Crippen LogP contribution >= 0.6 is 0 Å². The van der Waals surface area contributed by atoms with Crippen LogP contribution in [0.4, 0.5) is 5.82 Å². The summed E-state index contributed by atoms with van der Waals surface area (Å²) < 4.78 is 11.4. The molecule has 0 spiro atoms. The SMILES string of the molecule is CCOc1ccccc1Oc1cc(NC)nc(C(C)C)n1. The zero-order valence-electron chi connectivity index (χ0n) is 12.9. The molecule has 0 aliphatic carbocycles. The van der Waals surface area contributed by atoms with Gasteiger partial charge in [-0.05, 0) is 19.1 Å². The molecule has 1 aromatic heterocycles. The molecule has 0 saturated carbocycles. The van der Waals surface area contributed by atoms with Gasteiger partial charge in [0.15, 0.2) is 11.5 Å². The molecule has 0 bridgehead atoms. The van der Waals surface area contributed by atoms with Crippen LogP contribution < -0.4 is 14.8 Å². The second-order valence-electron chi connectivity index (χ2n) is 4.84. The van der Waals surface area contributed by atoms with Crippen molar-refractivity contribution in [1.82, 2.24) is 9.97 Å². The second-order valence-corrected chi connectivity index (χ2v) is 4.84. The Kier molecular flexibility index (Phi) is 4.98. The number of anilines is 1. The van der Waals surface area contributed by atoms with Gasteiger partial charge < -0.3 is 14.8 Å². The molecule has 112 valence electrons. The lowest BCUT2D eigenvalue weighted by atomic mass is 10.2. The maximum atomic E-state index is 5.88. The van der Waals surface area contributed by atoms with Crippen molar-refractivity contribution in [3.63, 3.8) is 0 Å². The third-order valence-corrected chi connectivity index (χ3v) is 2.86. The Labute approximate surface area is 125 Å². The number of hydrogen-bond donors (Lipinski definition) is 1. The molecule has 1 aromatic carbocycles. The van der Waals surface area contributed by atoms with E-state index in [1.807, 2.05) is 52.1 Å². The lowest BCUT2D eigenvalue weighted by Gasteiger charge is -2.13. The summed E-state index contributed by atoms with van der Waals surface area (Å²) in [6.07, 6.45) is 0. The fourth-order valence-electron chi connectivity index (χ4n) is 1.80. The van der Waals surface area contributed by atoms with E-state index in [2.05, 4.69) is 15.3 Å². The van der Waals surface area contributed by atoms with E-state index in [1.54, 1.807) is 6.07 Å². The van der Waals surface area contributed by atoms with Crippen molar-refractivity contribution in [3.05, 3.63) is 36.2 Å². The van der Waals surface area contributed by atoms with E-state index in [9.17, 15) is 0 Å². The smallest absolute Gasteiger partial charge is 0.224 e. The van der Waals surface area contributed by atoms with Gasteiger partial charge >= 0.3 is 0 Å². The number of nitrogens with one attached hydrogen (secondary N) is 1. The normalized spacial score (nSPS) is 10.5. The van der Waals surface area contributed by atoms with Crippen molar-refractivity contribution in [3.8, 4) is 17.4 Å². The Morgan fingerprint density at radius 3 is 2.48 bits per heavy atom. The Balaban J connectivity index is 2.32. The molecule has 1 heterocycles. The average Bonchev–Trinajstić information content (AvgIpc) is 2.49. The van der Waals surface area contributed by atoms with Crippen molar-refractivity contribution in [2.75, 3.05) is 19.0 Å². The van der Waals surface area contributed by atoms with Gasteiger partial charge in [0.2, 0.25) is 5.88 Å². The van der Waals surface area contributed by atoms with E-state index < -0.39 is 0 Å². The second kappa shape index (κ2) is 6.92. The summed E-state index contributed by atoms with van der Waals surface area (Å²) in [7, 11) is 1.82. The monoisotopic (exact) mass is 287 g/mol. The Morgan fingerprint density at radius 2 is 1.86 bits per heavy atom. The quantitative estimate of drug-likeness (QED) is 0.875. The van der Waals surface area contributed by atoms with Gasteiger partial charge in [-0.1, -0.05) is 26.0 Å². The van der Waals surface area contributed by atoms with Crippen molar-refractivity contribution in [2.24, 2.45) is 0 Å². The summed E-state index contributed by atoms with van der Waals surface area (Å²) in [4.78, 5) is 8.87. The van der Waals surface area contributed by atoms with Gasteiger partial charge in [0.25, 0.3) is 0 Å². The zero-order chi connectivity index (χ0) is 15.2. The summed E-state index contributed by atoms with van der Waals surface area (Å²) in [5.41, 5.74) is 0. The lowest BCUT2D eigenvalue weighted by Crippen LogP contribution is -2.04. The topological polar surface area (TPSA) is 56.3 Å². The maximum Gasteiger partial charge on any atom is 0.224 e. The van der Waals surface area contributed by atoms with Crippen LogP contribution in [0.5, 0.6) is 17.4 Å². The zero-order valence-corrected chi connectivity index (χ0v) is 12.9. The van der Waals surface area contributed by atoms with Crippen molar-refractivity contribution in [2.45, 2.75) is 26.7 Å². The van der Waals surface area contributed by atoms with Crippen molar-refractivity contribution >= 4 is 5.82 Å². The van der Waals surface area contributed by atoms with Crippen LogP contribution in [0.2, 0.25) is 0 Å². The molecule has 0 fully saturated rings. The minimum atomic E-state index is 0.225. The standard InChI is InChI=1S/C16H21N3O2/c1-5-20-12-8-6-7-9-13(12)21-15-10-14(17-4)18-16(19-15)11(2)3/h6-11H,5H2,1-4H3,(H,17,18,19). The largest absolute Gasteiger partial charge is 0.490 e. The van der Waals surface area contributed by atoms with Crippen molar-refractivity contribution < 1.29 is 9.47 Å². The van der Waals surface area contributed by atoms with E-state index in [0.29, 0.717) is 24.0 Å². The number of aromatic nitrogens is 2. The Bertz CT molecular complexity index is 600. The molecule has 0 amide bonds. The molecular weight excluding hydrogens is 266 g/mol. The summed E-state index contributed by atoms with van der Waals surface area (Å²) in [5, 5.41) is 3.03. The molecule has 5 heteroatoms. The number of hydrogen-bond acceptors (Lipinski definition) is 5. The molecule has 1 N–H and O–H groups in total. The first-order valence-corrected chi connectivity index (χ1v) is 7.10. The predicted octanol–water partition coefficient (Wildman–Crippen LogP) is 3.83. The number of para-hydroxylation sites is 2. The van der Waals surface area contributed by atoms with Crippen LogP contribution in [0.1, 0.15) is 32.5 Å². The fraction of sp³-hybridized carbons (Fsp3) is 0.375. The van der Waals surface area contributed by atoms with Crippen LogP contribution in [0.25, 0.3) is 0 Å². The lowest BCUT2D eigenvalue weighted by molar-refractivity contribution is 0.319. The molecule has 0 atom stereocenters. The van der Waals surface area contributed by atoms with Gasteiger partial charge in [-0.25, -0.2) is 4.98 Å². The van der Waals surface area contributed by atoms with Gasteiger partial charge in [-0.15, -0.1) is 0 Å². The summed E-state index contributed by atoms with van der Waals surface area (Å²) in [6.45, 7) is 6.62. The highest BCUT2D eigenvalue weighted by molar-refractivity contribution is 5.44. The fourth-order valence-corrected chi connectivity index (χ4v) is 1.80. The highest BCUT2D eigenvalue weighted by Crippen LogP contribution is 2.31. The van der Waals surface area contributed by atoms with Crippen LogP contribution in [-0.4, -0.2) is 23.6 Å². The van der Waals surface area contributed by atoms with Crippen LogP contribution in [0.3, 0.4) is 0 Å². The van der Waals surface area contributed by atoms with Crippen LogP contribution in [-0.2, 0) is 0 Å². The third-order valence-electron chi connectivity index (χ3n) is 2.86. The van der Waals surface area contributed by atoms with E-state index >= 15 is 0 Å². The van der Waals surface area contributed by atoms with Crippen molar-refractivity contribution in [1.29, 1.82) is 0 Å². The van der Waals surface area contributed by atoms with E-state index in [0.717, 1.165) is 11.6 Å². The number of benzene rings is 1. The Morgan fingerprint density at radius 1 is 1.14 bits per heavy atom. The minimum absolute atomic E-state index is 0.225. The molecule has 5 nitrogen and oxygen atoms in total. The molecule has 0 aliphatic rings. The highest BCUT2D eigenvalue weighted by atomic mass is 16.5. The maximum absolute atomic E-state index is 5.88. The molecular formula is C16H21N3O2. The number of rotatable bonds is 6. The average molecular weight is 287 g/mol. The van der Waals surface area contributed by atoms with Crippen LogP contribution in [0.15, 0.2) is 30.3 Å². The molecule has 0 radical (unpaired) electrons. The summed E-state index contributed by atoms with van der Waals surface area (Å²) in [5.74, 6) is 3.56. The molecule has 2 rings (SSSR count). The first-order valence-electron chi connectivity index (χ1n) is 7.10. The molecule has 2 aromatic rings. The number of nitrogens with zero attached hydrogens (tertiary/aromatic N) is 2. The summed E-state index contributed by atoms with van der Waals surface area (Å²) >= 11 is 0. The van der Waals surface area contributed by atoms with Gasteiger partial charge in [0.1, 0.15) is 11.6 Å².